The molecular formula is C19H24F2N6O. The average Bonchev–Trinajstić information content (AvgIpc) is 3.33. The number of fused-ring (bicyclic) bond motifs is 2. The predicted octanol–water partition coefficient (Wildman–Crippen LogP) is 2.11. The molecule has 150 valence electrons. The van der Waals surface area contributed by atoms with Crippen LogP contribution in [0.4, 0.5) is 14.7 Å². The number of nitrogens with zero attached hydrogens (tertiary/aromatic N) is 5. The largest absolute Gasteiger partial charge is 0.376 e. The molecule has 0 bridgehead atoms. The molecule has 2 fully saturated rings. The molecule has 9 heteroatoms. The van der Waals surface area contributed by atoms with E-state index in [4.69, 9.17) is 9.72 Å². The molecule has 7 nitrogen and oxygen atoms in total. The Labute approximate surface area is 162 Å². The summed E-state index contributed by atoms with van der Waals surface area (Å²) in [6.45, 7) is 4.35. The fourth-order valence-electron chi connectivity index (χ4n) is 4.59. The molecule has 3 aliphatic rings. The number of H-pyrrole nitrogens is 1. The lowest BCUT2D eigenvalue weighted by Crippen LogP contribution is -2.43. The molecule has 0 aromatic carbocycles. The molecule has 1 atom stereocenters. The summed E-state index contributed by atoms with van der Waals surface area (Å²) in [6.07, 6.45) is 6.05. The van der Waals surface area contributed by atoms with Crippen LogP contribution >= 0.6 is 0 Å². The molecule has 0 amide bonds. The number of imidazole rings is 1. The number of anilines is 1. The van der Waals surface area contributed by atoms with E-state index in [1.165, 1.54) is 0 Å². The molecule has 5 heterocycles. The molecule has 2 saturated heterocycles. The number of ether oxygens (including phenoxy) is 1. The molecule has 2 aromatic heterocycles. The number of alkyl halides is 2. The number of likely N-dealkylation sites (tertiary alicyclic amines) is 1. The van der Waals surface area contributed by atoms with Gasteiger partial charge in [0.25, 0.3) is 5.92 Å². The first-order chi connectivity index (χ1) is 13.5. The highest BCUT2D eigenvalue weighted by Crippen LogP contribution is 2.40. The molecule has 1 N–H and O–H groups in total. The molecular weight excluding hydrogens is 366 g/mol. The second-order valence-electron chi connectivity index (χ2n) is 8.20. The number of hydrogen-bond acceptors (Lipinski definition) is 6. The van der Waals surface area contributed by atoms with Gasteiger partial charge in [-0.15, -0.1) is 0 Å². The van der Waals surface area contributed by atoms with E-state index in [1.54, 1.807) is 6.33 Å². The molecule has 28 heavy (non-hydrogen) atoms. The molecule has 1 spiro atoms. The number of halogens is 2. The van der Waals surface area contributed by atoms with E-state index in [0.29, 0.717) is 32.3 Å². The second kappa shape index (κ2) is 6.73. The van der Waals surface area contributed by atoms with Gasteiger partial charge in [0.2, 0.25) is 5.95 Å². The topological polar surface area (TPSA) is 70.2 Å². The minimum Gasteiger partial charge on any atom is -0.376 e. The van der Waals surface area contributed by atoms with E-state index in [1.807, 2.05) is 17.3 Å². The number of hydrogen-bond donors (Lipinski definition) is 1. The van der Waals surface area contributed by atoms with Crippen molar-refractivity contribution in [1.82, 2.24) is 24.8 Å². The van der Waals surface area contributed by atoms with Crippen LogP contribution in [-0.4, -0.2) is 63.5 Å². The Kier molecular flexibility index (Phi) is 4.31. The predicted molar refractivity (Wildman–Crippen MR) is 98.2 cm³/mol. The summed E-state index contributed by atoms with van der Waals surface area (Å²) in [4.78, 5) is 20.9. The van der Waals surface area contributed by atoms with Crippen LogP contribution in [-0.2, 0) is 23.3 Å². The van der Waals surface area contributed by atoms with Gasteiger partial charge in [-0.3, -0.25) is 4.90 Å². The van der Waals surface area contributed by atoms with Crippen molar-refractivity contribution in [3.05, 3.63) is 35.7 Å². The fraction of sp³-hybridized carbons (Fsp3) is 0.632. The molecule has 0 saturated carbocycles. The van der Waals surface area contributed by atoms with Crippen LogP contribution in [0.2, 0.25) is 0 Å². The van der Waals surface area contributed by atoms with Gasteiger partial charge in [-0.05, 0) is 13.0 Å². The zero-order chi connectivity index (χ0) is 19.2. The van der Waals surface area contributed by atoms with Crippen molar-refractivity contribution in [2.24, 2.45) is 0 Å². The highest BCUT2D eigenvalue weighted by molar-refractivity contribution is 5.39. The summed E-state index contributed by atoms with van der Waals surface area (Å²) in [6, 6.07) is 0. The minimum absolute atomic E-state index is 0.139. The quantitative estimate of drug-likeness (QED) is 0.866. The van der Waals surface area contributed by atoms with Crippen molar-refractivity contribution in [3.63, 3.8) is 0 Å². The van der Waals surface area contributed by atoms with Gasteiger partial charge in [0.15, 0.2) is 0 Å². The lowest BCUT2D eigenvalue weighted by molar-refractivity contribution is -0.0223. The first-order valence-electron chi connectivity index (χ1n) is 9.80. The van der Waals surface area contributed by atoms with Crippen LogP contribution in [0, 0.1) is 0 Å². The molecule has 0 radical (unpaired) electrons. The van der Waals surface area contributed by atoms with Gasteiger partial charge in [0, 0.05) is 62.7 Å². The van der Waals surface area contributed by atoms with Crippen LogP contribution in [0.25, 0.3) is 0 Å². The van der Waals surface area contributed by atoms with Crippen LogP contribution in [0.15, 0.2) is 18.7 Å². The Morgan fingerprint density at radius 1 is 1.14 bits per heavy atom. The van der Waals surface area contributed by atoms with Crippen molar-refractivity contribution in [1.29, 1.82) is 0 Å². The van der Waals surface area contributed by atoms with Crippen molar-refractivity contribution in [2.45, 2.75) is 43.8 Å². The van der Waals surface area contributed by atoms with E-state index in [0.717, 1.165) is 43.0 Å². The smallest absolute Gasteiger partial charge is 0.251 e. The Hall–Kier alpha value is -2.13. The van der Waals surface area contributed by atoms with Crippen LogP contribution in [0.1, 0.15) is 36.2 Å². The van der Waals surface area contributed by atoms with Gasteiger partial charge in [-0.1, -0.05) is 0 Å². The highest BCUT2D eigenvalue weighted by Gasteiger charge is 2.45. The summed E-state index contributed by atoms with van der Waals surface area (Å²) >= 11 is 0. The maximum absolute atomic E-state index is 13.5. The Morgan fingerprint density at radius 3 is 2.79 bits per heavy atom. The fourth-order valence-corrected chi connectivity index (χ4v) is 4.59. The highest BCUT2D eigenvalue weighted by atomic mass is 19.3. The average molecular weight is 390 g/mol. The van der Waals surface area contributed by atoms with Crippen molar-refractivity contribution in [2.75, 3.05) is 37.7 Å². The summed E-state index contributed by atoms with van der Waals surface area (Å²) < 4.78 is 32.9. The van der Waals surface area contributed by atoms with Gasteiger partial charge in [-0.25, -0.2) is 23.7 Å². The van der Waals surface area contributed by atoms with Gasteiger partial charge >= 0.3 is 0 Å². The van der Waals surface area contributed by atoms with Gasteiger partial charge < -0.3 is 14.6 Å². The summed E-state index contributed by atoms with van der Waals surface area (Å²) in [7, 11) is 0. The maximum Gasteiger partial charge on any atom is 0.251 e. The van der Waals surface area contributed by atoms with E-state index in [9.17, 15) is 8.78 Å². The van der Waals surface area contributed by atoms with Crippen molar-refractivity contribution >= 4 is 5.95 Å². The van der Waals surface area contributed by atoms with E-state index in [-0.39, 0.29) is 18.3 Å². The summed E-state index contributed by atoms with van der Waals surface area (Å²) in [5.41, 5.74) is 2.98. The van der Waals surface area contributed by atoms with Gasteiger partial charge in [0.05, 0.1) is 30.7 Å². The number of aromatic amines is 1. The number of nitrogens with one attached hydrogen (secondary N) is 1. The number of aromatic nitrogens is 4. The van der Waals surface area contributed by atoms with E-state index < -0.39 is 5.92 Å². The van der Waals surface area contributed by atoms with Crippen LogP contribution < -0.4 is 4.90 Å². The SMILES string of the molecule is FC1(F)CCN(c2ncc3c(n2)C2(CCN(Cc4cnc[nH]4)C2)COC3)CC1. The monoisotopic (exact) mass is 390 g/mol. The van der Waals surface area contributed by atoms with Crippen LogP contribution in [0.3, 0.4) is 0 Å². The third kappa shape index (κ3) is 3.26. The normalized spacial score (nSPS) is 27.3. The zero-order valence-electron chi connectivity index (χ0n) is 15.7. The van der Waals surface area contributed by atoms with E-state index in [2.05, 4.69) is 19.9 Å². The zero-order valence-corrected chi connectivity index (χ0v) is 15.7. The lowest BCUT2D eigenvalue weighted by atomic mass is 9.80. The third-order valence-corrected chi connectivity index (χ3v) is 6.15. The molecule has 0 aliphatic carbocycles. The molecule has 5 rings (SSSR count). The molecule has 3 aliphatic heterocycles. The first kappa shape index (κ1) is 17.9. The number of rotatable bonds is 3. The maximum atomic E-state index is 13.5. The van der Waals surface area contributed by atoms with Crippen molar-refractivity contribution in [3.8, 4) is 0 Å². The van der Waals surface area contributed by atoms with Gasteiger partial charge in [0.1, 0.15) is 0 Å². The van der Waals surface area contributed by atoms with Gasteiger partial charge in [-0.2, -0.15) is 0 Å². The van der Waals surface area contributed by atoms with E-state index >= 15 is 0 Å². The summed E-state index contributed by atoms with van der Waals surface area (Å²) in [5, 5.41) is 0. The Morgan fingerprint density at radius 2 is 2.00 bits per heavy atom. The molecule has 1 unspecified atom stereocenters. The van der Waals surface area contributed by atoms with Crippen LogP contribution in [0.5, 0.6) is 0 Å². The summed E-state index contributed by atoms with van der Waals surface area (Å²) in [5.74, 6) is -2.00. The molecule has 2 aromatic rings. The Bertz CT molecular complexity index is 835. The van der Waals surface area contributed by atoms with Crippen molar-refractivity contribution < 1.29 is 13.5 Å². The second-order valence-corrected chi connectivity index (χ2v) is 8.20. The number of piperidine rings is 1. The lowest BCUT2D eigenvalue weighted by Gasteiger charge is -2.36. The Balaban J connectivity index is 1.38. The standard InChI is InChI=1S/C19H24F2N6O/c20-19(21)2-5-27(6-3-19)17-23-7-14-10-28-12-18(16(14)25-17)1-4-26(11-18)9-15-8-22-13-24-15/h7-8,13H,1-6,9-12H2,(H,22,24). The first-order valence-corrected chi connectivity index (χ1v) is 9.80. The minimum atomic E-state index is -2.57. The third-order valence-electron chi connectivity index (χ3n) is 6.15.